The van der Waals surface area contributed by atoms with E-state index in [1.54, 1.807) is 4.90 Å². The van der Waals surface area contributed by atoms with Crippen LogP contribution in [0.5, 0.6) is 0 Å². The molecule has 1 fully saturated rings. The van der Waals surface area contributed by atoms with Crippen LogP contribution in [-0.4, -0.2) is 37.5 Å². The zero-order chi connectivity index (χ0) is 6.69. The molecule has 0 unspecified atom stereocenters. The van der Waals surface area contributed by atoms with E-state index in [-0.39, 0.29) is 0 Å². The second-order valence-corrected chi connectivity index (χ2v) is 2.37. The Morgan fingerprint density at radius 2 is 2.56 bits per heavy atom. The molecule has 0 radical (unpaired) electrons. The molecule has 0 aromatic rings. The summed E-state index contributed by atoms with van der Waals surface area (Å²) in [7, 11) is 1.93. The van der Waals surface area contributed by atoms with Gasteiger partial charge in [-0.05, 0) is 13.5 Å². The molecule has 0 spiro atoms. The summed E-state index contributed by atoms with van der Waals surface area (Å²) in [4.78, 5) is 12.0. The normalized spacial score (nSPS) is 26.8. The number of nitrogens with one attached hydrogen (secondary N) is 1. The van der Waals surface area contributed by atoms with Crippen molar-refractivity contribution >= 4 is 6.41 Å². The Kier molecular flexibility index (Phi) is 2.05. The van der Waals surface area contributed by atoms with Gasteiger partial charge in [0.25, 0.3) is 0 Å². The Balaban J connectivity index is 2.28. The lowest BCUT2D eigenvalue weighted by Gasteiger charge is -2.07. The monoisotopic (exact) mass is 128 g/mol. The molecule has 3 heteroatoms. The zero-order valence-electron chi connectivity index (χ0n) is 5.63. The van der Waals surface area contributed by atoms with E-state index in [0.29, 0.717) is 6.04 Å². The molecule has 3 nitrogen and oxygen atoms in total. The number of rotatable bonds is 2. The molecule has 1 aliphatic rings. The second kappa shape index (κ2) is 2.82. The first-order valence-electron chi connectivity index (χ1n) is 3.23. The smallest absolute Gasteiger partial charge is 0.209 e. The Labute approximate surface area is 55.0 Å². The van der Waals surface area contributed by atoms with Gasteiger partial charge < -0.3 is 10.2 Å². The molecule has 1 aliphatic heterocycles. The number of hydrogen-bond acceptors (Lipinski definition) is 2. The van der Waals surface area contributed by atoms with Crippen molar-refractivity contribution in [1.82, 2.24) is 10.2 Å². The van der Waals surface area contributed by atoms with Gasteiger partial charge in [-0.25, -0.2) is 0 Å². The molecule has 0 bridgehead atoms. The minimum Gasteiger partial charge on any atom is -0.344 e. The first kappa shape index (κ1) is 6.55. The fourth-order valence-corrected chi connectivity index (χ4v) is 1.12. The van der Waals surface area contributed by atoms with E-state index in [4.69, 9.17) is 0 Å². The third-order valence-electron chi connectivity index (χ3n) is 1.78. The largest absolute Gasteiger partial charge is 0.344 e. The van der Waals surface area contributed by atoms with Crippen molar-refractivity contribution in [2.75, 3.05) is 20.1 Å². The quantitative estimate of drug-likeness (QED) is 0.505. The van der Waals surface area contributed by atoms with Crippen LogP contribution in [0.4, 0.5) is 0 Å². The van der Waals surface area contributed by atoms with Gasteiger partial charge in [0.1, 0.15) is 0 Å². The van der Waals surface area contributed by atoms with Crippen molar-refractivity contribution in [2.24, 2.45) is 0 Å². The minimum atomic E-state index is 0.523. The number of likely N-dealkylation sites (N-methyl/N-ethyl adjacent to an activating group) is 1. The van der Waals surface area contributed by atoms with E-state index in [9.17, 15) is 4.79 Å². The molecule has 1 N–H and O–H groups in total. The first-order valence-corrected chi connectivity index (χ1v) is 3.23. The highest BCUT2D eigenvalue weighted by atomic mass is 16.1. The molecule has 1 rings (SSSR count). The second-order valence-electron chi connectivity index (χ2n) is 2.37. The fraction of sp³-hybridized carbons (Fsp3) is 0.833. The van der Waals surface area contributed by atoms with Gasteiger partial charge in [0, 0.05) is 19.1 Å². The van der Waals surface area contributed by atoms with Gasteiger partial charge >= 0.3 is 0 Å². The predicted octanol–water partition coefficient (Wildman–Crippen LogP) is -0.563. The van der Waals surface area contributed by atoms with Crippen molar-refractivity contribution in [3.63, 3.8) is 0 Å². The van der Waals surface area contributed by atoms with Gasteiger partial charge in [0.05, 0.1) is 0 Å². The van der Waals surface area contributed by atoms with Gasteiger partial charge in [-0.1, -0.05) is 0 Å². The molecule has 0 aromatic carbocycles. The highest BCUT2D eigenvalue weighted by Gasteiger charge is 2.18. The average Bonchev–Trinajstić information content (AvgIpc) is 2.34. The van der Waals surface area contributed by atoms with E-state index < -0.39 is 0 Å². The SMILES string of the molecule is CN[C@H]1CCN(C=O)C1. The zero-order valence-corrected chi connectivity index (χ0v) is 5.63. The number of hydrogen-bond donors (Lipinski definition) is 1. The predicted molar refractivity (Wildman–Crippen MR) is 35.1 cm³/mol. The Morgan fingerprint density at radius 3 is 2.89 bits per heavy atom. The number of nitrogens with zero attached hydrogens (tertiary/aromatic N) is 1. The molecule has 0 aliphatic carbocycles. The summed E-state index contributed by atoms with van der Waals surface area (Å²) in [6, 6.07) is 0.523. The summed E-state index contributed by atoms with van der Waals surface area (Å²) in [5.41, 5.74) is 0. The summed E-state index contributed by atoms with van der Waals surface area (Å²) in [6.07, 6.45) is 2.01. The number of likely N-dealkylation sites (tertiary alicyclic amines) is 1. The summed E-state index contributed by atoms with van der Waals surface area (Å²) in [6.45, 7) is 1.79. The third-order valence-corrected chi connectivity index (χ3v) is 1.78. The van der Waals surface area contributed by atoms with E-state index in [1.807, 2.05) is 7.05 Å². The number of carbonyl (C=O) groups excluding carboxylic acids is 1. The summed E-state index contributed by atoms with van der Waals surface area (Å²) in [5.74, 6) is 0. The maximum absolute atomic E-state index is 10.2. The molecule has 0 saturated carbocycles. The standard InChI is InChI=1S/C6H12N2O/c1-7-6-2-3-8(4-6)5-9/h5-7H,2-4H2,1H3/t6-/m0/s1. The van der Waals surface area contributed by atoms with Crippen molar-refractivity contribution in [1.29, 1.82) is 0 Å². The Hall–Kier alpha value is -0.570. The van der Waals surface area contributed by atoms with Crippen LogP contribution >= 0.6 is 0 Å². The summed E-state index contributed by atoms with van der Waals surface area (Å²) >= 11 is 0. The van der Waals surface area contributed by atoms with Gasteiger partial charge in [-0.2, -0.15) is 0 Å². The first-order chi connectivity index (χ1) is 4.36. The maximum Gasteiger partial charge on any atom is 0.209 e. The molecule has 1 heterocycles. The Bertz CT molecular complexity index is 105. The highest BCUT2D eigenvalue weighted by molar-refractivity contribution is 5.47. The van der Waals surface area contributed by atoms with Crippen LogP contribution in [-0.2, 0) is 4.79 Å². The van der Waals surface area contributed by atoms with Crippen molar-refractivity contribution in [2.45, 2.75) is 12.5 Å². The molecule has 52 valence electrons. The van der Waals surface area contributed by atoms with E-state index in [2.05, 4.69) is 5.32 Å². The number of amides is 1. The van der Waals surface area contributed by atoms with Crippen LogP contribution in [0.1, 0.15) is 6.42 Å². The molecular weight excluding hydrogens is 116 g/mol. The highest BCUT2D eigenvalue weighted by Crippen LogP contribution is 2.04. The van der Waals surface area contributed by atoms with Gasteiger partial charge in [-0.15, -0.1) is 0 Å². The lowest BCUT2D eigenvalue weighted by molar-refractivity contribution is -0.117. The van der Waals surface area contributed by atoms with Gasteiger partial charge in [0.15, 0.2) is 0 Å². The molecule has 9 heavy (non-hydrogen) atoms. The van der Waals surface area contributed by atoms with Crippen LogP contribution in [0.2, 0.25) is 0 Å². The van der Waals surface area contributed by atoms with E-state index >= 15 is 0 Å². The molecule has 1 saturated heterocycles. The number of carbonyl (C=O) groups is 1. The van der Waals surface area contributed by atoms with Gasteiger partial charge in [-0.3, -0.25) is 4.79 Å². The topological polar surface area (TPSA) is 32.3 Å². The van der Waals surface area contributed by atoms with Crippen molar-refractivity contribution in [3.05, 3.63) is 0 Å². The van der Waals surface area contributed by atoms with Crippen LogP contribution in [0.15, 0.2) is 0 Å². The van der Waals surface area contributed by atoms with Crippen LogP contribution < -0.4 is 5.32 Å². The van der Waals surface area contributed by atoms with Crippen LogP contribution in [0.3, 0.4) is 0 Å². The van der Waals surface area contributed by atoms with Crippen LogP contribution in [0.25, 0.3) is 0 Å². The van der Waals surface area contributed by atoms with E-state index in [0.717, 1.165) is 25.9 Å². The lowest BCUT2D eigenvalue weighted by Crippen LogP contribution is -2.28. The molecule has 0 aromatic heterocycles. The van der Waals surface area contributed by atoms with Crippen molar-refractivity contribution in [3.8, 4) is 0 Å². The van der Waals surface area contributed by atoms with Crippen molar-refractivity contribution < 1.29 is 4.79 Å². The average molecular weight is 128 g/mol. The summed E-state index contributed by atoms with van der Waals surface area (Å²) < 4.78 is 0. The fourth-order valence-electron chi connectivity index (χ4n) is 1.12. The third kappa shape index (κ3) is 1.42. The Morgan fingerprint density at radius 1 is 1.78 bits per heavy atom. The van der Waals surface area contributed by atoms with E-state index in [1.165, 1.54) is 0 Å². The summed E-state index contributed by atoms with van der Waals surface area (Å²) in [5, 5.41) is 3.13. The molecule has 1 atom stereocenters. The van der Waals surface area contributed by atoms with Crippen LogP contribution in [0, 0.1) is 0 Å². The lowest BCUT2D eigenvalue weighted by atomic mass is 10.3. The maximum atomic E-state index is 10.2. The minimum absolute atomic E-state index is 0.523. The molecular formula is C6H12N2O. The van der Waals surface area contributed by atoms with Gasteiger partial charge in [0.2, 0.25) is 6.41 Å². The molecule has 1 amide bonds.